The highest BCUT2D eigenvalue weighted by molar-refractivity contribution is 5.95. The van der Waals surface area contributed by atoms with Crippen molar-refractivity contribution in [2.45, 2.75) is 47.5 Å². The lowest BCUT2D eigenvalue weighted by atomic mass is 9.81. The van der Waals surface area contributed by atoms with Gasteiger partial charge in [0, 0.05) is 24.4 Å². The fourth-order valence-corrected chi connectivity index (χ4v) is 2.75. The first-order valence-electron chi connectivity index (χ1n) is 9.39. The van der Waals surface area contributed by atoms with Gasteiger partial charge in [0.2, 0.25) is 0 Å². The van der Waals surface area contributed by atoms with Gasteiger partial charge in [-0.25, -0.2) is 0 Å². The highest BCUT2D eigenvalue weighted by atomic mass is 16.5. The Bertz CT molecular complexity index is 884. The summed E-state index contributed by atoms with van der Waals surface area (Å²) >= 11 is 0. The molecule has 0 aliphatic rings. The molecule has 0 bridgehead atoms. The summed E-state index contributed by atoms with van der Waals surface area (Å²) in [5.41, 5.74) is 7.55. The van der Waals surface area contributed by atoms with E-state index in [1.165, 1.54) is 0 Å². The van der Waals surface area contributed by atoms with Crippen LogP contribution in [0.2, 0.25) is 0 Å². The van der Waals surface area contributed by atoms with Crippen LogP contribution in [0.3, 0.4) is 0 Å². The highest BCUT2D eigenvalue weighted by Crippen LogP contribution is 2.32. The average molecular weight is 402 g/mol. The number of hydrogen-bond acceptors (Lipinski definition) is 7. The second-order valence-electron chi connectivity index (χ2n) is 8.50. The van der Waals surface area contributed by atoms with Crippen LogP contribution >= 0.6 is 0 Å². The van der Waals surface area contributed by atoms with Crippen LogP contribution in [0.4, 0.5) is 5.69 Å². The first kappa shape index (κ1) is 24.3. The quantitative estimate of drug-likeness (QED) is 0.695. The van der Waals surface area contributed by atoms with Crippen LogP contribution in [0.1, 0.15) is 46.2 Å². The summed E-state index contributed by atoms with van der Waals surface area (Å²) in [7, 11) is 0. The lowest BCUT2D eigenvalue weighted by Gasteiger charge is -2.27. The molecule has 7 heteroatoms. The van der Waals surface area contributed by atoms with E-state index in [1.807, 2.05) is 58.9 Å². The number of ketones is 1. The Hall–Kier alpha value is -2.76. The third-order valence-electron chi connectivity index (χ3n) is 4.75. The average Bonchev–Trinajstić information content (AvgIpc) is 2.64. The van der Waals surface area contributed by atoms with Gasteiger partial charge in [-0.1, -0.05) is 19.9 Å². The fraction of sp³-hybridized carbons (Fsp3) is 0.500. The number of aliphatic hydroxyl groups is 1. The van der Waals surface area contributed by atoms with Crippen LogP contribution in [0, 0.1) is 17.8 Å². The van der Waals surface area contributed by atoms with Gasteiger partial charge in [-0.15, -0.1) is 0 Å². The molecular formula is C22H30N2O5. The van der Waals surface area contributed by atoms with E-state index in [0.29, 0.717) is 24.3 Å². The molecule has 0 unspecified atom stereocenters. The van der Waals surface area contributed by atoms with Crippen LogP contribution in [-0.2, 0) is 14.4 Å². The zero-order valence-electron chi connectivity index (χ0n) is 17.7. The predicted octanol–water partition coefficient (Wildman–Crippen LogP) is 3.31. The maximum Gasteiger partial charge on any atom is 0.373 e. The van der Waals surface area contributed by atoms with Crippen molar-refractivity contribution in [3.63, 3.8) is 0 Å². The van der Waals surface area contributed by atoms with Crippen molar-refractivity contribution in [1.82, 2.24) is 4.98 Å². The number of nitrogens with two attached hydrogens (primary N) is 1. The number of rotatable bonds is 8. The van der Waals surface area contributed by atoms with Crippen molar-refractivity contribution in [2.75, 3.05) is 18.9 Å². The van der Waals surface area contributed by atoms with E-state index in [9.17, 15) is 9.90 Å². The number of hydrogen-bond donors (Lipinski definition) is 2. The van der Waals surface area contributed by atoms with Gasteiger partial charge < -0.3 is 15.6 Å². The Balaban J connectivity index is 0.00000132. The molecule has 2 aromatic rings. The molecule has 0 saturated carbocycles. The smallest absolute Gasteiger partial charge is 0.373 e. The maximum atomic E-state index is 12.6. The van der Waals surface area contributed by atoms with Crippen LogP contribution in [0.15, 0.2) is 24.3 Å². The van der Waals surface area contributed by atoms with E-state index in [0.717, 1.165) is 16.6 Å². The maximum absolute atomic E-state index is 12.6. The Kier molecular flexibility index (Phi) is 8.49. The number of carbonyl (C=O) groups is 1. The van der Waals surface area contributed by atoms with Gasteiger partial charge in [0.25, 0.3) is 0 Å². The van der Waals surface area contributed by atoms with E-state index < -0.39 is 5.41 Å². The number of nitrogen functional groups attached to an aromatic ring is 1. The van der Waals surface area contributed by atoms with Gasteiger partial charge >= 0.3 is 6.15 Å². The van der Waals surface area contributed by atoms with Crippen molar-refractivity contribution in [3.8, 4) is 5.75 Å². The van der Waals surface area contributed by atoms with Gasteiger partial charge in [-0.05, 0) is 50.8 Å². The van der Waals surface area contributed by atoms with E-state index in [2.05, 4.69) is 4.98 Å². The van der Waals surface area contributed by atoms with Crippen LogP contribution < -0.4 is 10.5 Å². The lowest BCUT2D eigenvalue weighted by molar-refractivity contribution is -0.191. The Morgan fingerprint density at radius 2 is 1.86 bits per heavy atom. The Labute approximate surface area is 171 Å². The van der Waals surface area contributed by atoms with Gasteiger partial charge in [-0.2, -0.15) is 9.59 Å². The summed E-state index contributed by atoms with van der Waals surface area (Å²) in [5, 5.41) is 10.1. The third kappa shape index (κ3) is 6.97. The van der Waals surface area contributed by atoms with Crippen molar-refractivity contribution in [2.24, 2.45) is 10.8 Å². The molecule has 2 rings (SSSR count). The number of Topliss-reactive ketones (excluding diaryl/α,β-unsaturated/α-hetero) is 1. The summed E-state index contributed by atoms with van der Waals surface area (Å²) in [6.07, 6.45) is 1.32. The number of carbonyl (C=O) groups excluding carboxylic acids is 3. The number of nitrogens with zero attached hydrogens (tertiary/aromatic N) is 1. The molecule has 1 aromatic carbocycles. The largest absolute Gasteiger partial charge is 0.492 e. The fourth-order valence-electron chi connectivity index (χ4n) is 2.75. The number of ether oxygens (including phenoxy) is 1. The van der Waals surface area contributed by atoms with Gasteiger partial charge in [0.1, 0.15) is 18.1 Å². The van der Waals surface area contributed by atoms with Crippen LogP contribution in [0.5, 0.6) is 5.75 Å². The third-order valence-corrected chi connectivity index (χ3v) is 4.75. The summed E-state index contributed by atoms with van der Waals surface area (Å²) in [4.78, 5) is 33.4. The number of fused-ring (bicyclic) bond motifs is 1. The molecule has 1 aromatic heterocycles. The van der Waals surface area contributed by atoms with Crippen molar-refractivity contribution in [3.05, 3.63) is 30.0 Å². The molecule has 0 atom stereocenters. The van der Waals surface area contributed by atoms with E-state index in [4.69, 9.17) is 20.1 Å². The SMILES string of the molecule is Cc1cc(N)c2c(OCC(C)(C)C(=O)CCC(C)(C)CO)cccc2n1.O=C=O. The molecule has 0 amide bonds. The summed E-state index contributed by atoms with van der Waals surface area (Å²) < 4.78 is 5.99. The molecule has 0 saturated heterocycles. The summed E-state index contributed by atoms with van der Waals surface area (Å²) in [5.74, 6) is 0.769. The summed E-state index contributed by atoms with van der Waals surface area (Å²) in [6.45, 7) is 9.92. The molecule has 0 radical (unpaired) electrons. The number of aliphatic hydroxyl groups excluding tert-OH is 1. The highest BCUT2D eigenvalue weighted by Gasteiger charge is 2.30. The molecule has 0 spiro atoms. The minimum absolute atomic E-state index is 0.0684. The zero-order chi connectivity index (χ0) is 22.2. The van der Waals surface area contributed by atoms with Crippen LogP contribution in [-0.4, -0.2) is 35.2 Å². The number of anilines is 1. The molecule has 1 heterocycles. The van der Waals surface area contributed by atoms with Crippen molar-refractivity contribution in [1.29, 1.82) is 0 Å². The molecular weight excluding hydrogens is 372 g/mol. The van der Waals surface area contributed by atoms with Gasteiger partial charge in [0.15, 0.2) is 0 Å². The van der Waals surface area contributed by atoms with Crippen LogP contribution in [0.25, 0.3) is 10.9 Å². The molecule has 0 aliphatic heterocycles. The number of pyridine rings is 1. The monoisotopic (exact) mass is 402 g/mol. The minimum atomic E-state index is -0.624. The molecule has 3 N–H and O–H groups in total. The number of benzene rings is 1. The first-order chi connectivity index (χ1) is 13.5. The number of aromatic nitrogens is 1. The van der Waals surface area contributed by atoms with Gasteiger partial charge in [-0.3, -0.25) is 9.78 Å². The van der Waals surface area contributed by atoms with Gasteiger partial charge in [0.05, 0.1) is 16.3 Å². The molecule has 0 aliphatic carbocycles. The van der Waals surface area contributed by atoms with E-state index in [1.54, 1.807) is 0 Å². The molecule has 0 fully saturated rings. The molecule has 7 nitrogen and oxygen atoms in total. The number of aryl methyl sites for hydroxylation is 1. The molecule has 29 heavy (non-hydrogen) atoms. The second kappa shape index (κ2) is 10.1. The normalized spacial score (nSPS) is 11.4. The predicted molar refractivity (Wildman–Crippen MR) is 110 cm³/mol. The van der Waals surface area contributed by atoms with Crippen molar-refractivity contribution >= 4 is 28.5 Å². The summed E-state index contributed by atoms with van der Waals surface area (Å²) in [6, 6.07) is 7.45. The standard InChI is InChI=1S/C21H30N2O3.CO2/c1-14-11-15(22)19-16(23-14)7-6-8-17(19)26-13-21(4,5)18(25)9-10-20(2,3)12-24;2-1-3/h6-8,11,24H,9-10,12-13H2,1-5H3,(H2,22,23);. The molecule has 158 valence electrons. The first-order valence-corrected chi connectivity index (χ1v) is 9.39. The van der Waals surface area contributed by atoms with E-state index >= 15 is 0 Å². The minimum Gasteiger partial charge on any atom is -0.492 e. The van der Waals surface area contributed by atoms with Crippen molar-refractivity contribution < 1.29 is 24.2 Å². The van der Waals surface area contributed by atoms with E-state index in [-0.39, 0.29) is 30.6 Å². The topological polar surface area (TPSA) is 120 Å². The Morgan fingerprint density at radius 1 is 1.24 bits per heavy atom. The second-order valence-corrected chi connectivity index (χ2v) is 8.50. The zero-order valence-corrected chi connectivity index (χ0v) is 17.7. The lowest BCUT2D eigenvalue weighted by Crippen LogP contribution is -2.32. The Morgan fingerprint density at radius 3 is 2.45 bits per heavy atom.